The fourth-order valence-corrected chi connectivity index (χ4v) is 4.51. The quantitative estimate of drug-likeness (QED) is 0.717. The van der Waals surface area contributed by atoms with Crippen molar-refractivity contribution in [3.05, 3.63) is 0 Å². The van der Waals surface area contributed by atoms with E-state index in [1.165, 1.54) is 13.8 Å². The molecule has 0 N–H and O–H groups in total. The molecule has 0 amide bonds. The lowest BCUT2D eigenvalue weighted by Gasteiger charge is -2.55. The van der Waals surface area contributed by atoms with Gasteiger partial charge in [-0.25, -0.2) is 4.79 Å². The maximum absolute atomic E-state index is 12.5. The molecule has 0 heterocycles. The maximum atomic E-state index is 12.5. The monoisotopic (exact) mass is 344 g/mol. The first-order chi connectivity index (χ1) is 11.1. The van der Waals surface area contributed by atoms with Gasteiger partial charge in [0, 0.05) is 11.8 Å². The van der Waals surface area contributed by atoms with Crippen LogP contribution >= 0.6 is 0 Å². The van der Waals surface area contributed by atoms with Crippen molar-refractivity contribution in [3.8, 4) is 0 Å². The molecule has 4 aliphatic rings. The third-order valence-electron chi connectivity index (χ3n) is 5.55. The van der Waals surface area contributed by atoms with Gasteiger partial charge in [0.25, 0.3) is 0 Å². The molecule has 134 valence electrons. The van der Waals surface area contributed by atoms with Gasteiger partial charge in [0.05, 0.1) is 5.41 Å². The van der Waals surface area contributed by atoms with Crippen molar-refractivity contribution in [1.29, 1.82) is 0 Å². The van der Waals surface area contributed by atoms with E-state index in [4.69, 9.17) is 4.74 Å². The summed E-state index contributed by atoms with van der Waals surface area (Å²) in [5.41, 5.74) is -1.83. The lowest BCUT2D eigenvalue weighted by molar-refractivity contribution is -0.199. The number of hydrogen-bond donors (Lipinski definition) is 0. The van der Waals surface area contributed by atoms with Crippen LogP contribution in [0.25, 0.3) is 0 Å². The molecule has 4 bridgehead atoms. The first-order valence-corrected chi connectivity index (χ1v) is 8.34. The Morgan fingerprint density at radius 3 is 2.33 bits per heavy atom. The fraction of sp³-hybridized carbons (Fsp3) is 0.824. The normalized spacial score (nSPS) is 34.5. The molecule has 0 saturated heterocycles. The highest BCUT2D eigenvalue weighted by atomic mass is 19.3. The molecule has 0 aromatic heterocycles. The molecular formula is C17H22F2O5. The zero-order chi connectivity index (χ0) is 17.7. The van der Waals surface area contributed by atoms with E-state index in [9.17, 15) is 23.2 Å². The van der Waals surface area contributed by atoms with Gasteiger partial charge in [-0.15, -0.1) is 0 Å². The third kappa shape index (κ3) is 3.05. The summed E-state index contributed by atoms with van der Waals surface area (Å²) in [4.78, 5) is 35.6. The van der Waals surface area contributed by atoms with Crippen LogP contribution in [0, 0.1) is 23.2 Å². The molecule has 0 radical (unpaired) electrons. The summed E-state index contributed by atoms with van der Waals surface area (Å²) in [5.74, 6) is -1.56. The van der Waals surface area contributed by atoms with Crippen molar-refractivity contribution >= 4 is 17.7 Å². The van der Waals surface area contributed by atoms with Gasteiger partial charge in [0.1, 0.15) is 18.0 Å². The highest BCUT2D eigenvalue weighted by Gasteiger charge is 2.57. The molecule has 0 aromatic carbocycles. The number of rotatable bonds is 5. The molecular weight excluding hydrogens is 322 g/mol. The molecule has 5 nitrogen and oxygen atoms in total. The van der Waals surface area contributed by atoms with E-state index in [2.05, 4.69) is 4.74 Å². The van der Waals surface area contributed by atoms with Gasteiger partial charge in [-0.3, -0.25) is 9.59 Å². The fourth-order valence-electron chi connectivity index (χ4n) is 4.51. The van der Waals surface area contributed by atoms with Crippen LogP contribution < -0.4 is 0 Å². The SMILES string of the molecule is CC(C)(COC(=O)C(F)F)C(=O)OC12CC3CC(C1)C(=O)C(C3)C2. The van der Waals surface area contributed by atoms with E-state index in [1.807, 2.05) is 0 Å². The summed E-state index contributed by atoms with van der Waals surface area (Å²) < 4.78 is 34.7. The number of esters is 2. The van der Waals surface area contributed by atoms with Crippen LogP contribution in [0.15, 0.2) is 0 Å². The average Bonchev–Trinajstić information content (AvgIpc) is 2.48. The Balaban J connectivity index is 1.64. The second kappa shape index (κ2) is 5.77. The molecule has 0 aliphatic heterocycles. The molecule has 4 aliphatic carbocycles. The number of alkyl halides is 2. The summed E-state index contributed by atoms with van der Waals surface area (Å²) in [5, 5.41) is 0. The highest BCUT2D eigenvalue weighted by molar-refractivity contribution is 5.86. The van der Waals surface area contributed by atoms with Crippen molar-refractivity contribution in [2.75, 3.05) is 6.61 Å². The minimum Gasteiger partial charge on any atom is -0.460 e. The highest BCUT2D eigenvalue weighted by Crippen LogP contribution is 2.55. The Morgan fingerprint density at radius 1 is 1.21 bits per heavy atom. The van der Waals surface area contributed by atoms with Gasteiger partial charge in [0.15, 0.2) is 0 Å². The molecule has 4 saturated carbocycles. The van der Waals surface area contributed by atoms with Crippen LogP contribution in [0.1, 0.15) is 46.0 Å². The molecule has 0 spiro atoms. The van der Waals surface area contributed by atoms with Gasteiger partial charge in [-0.05, 0) is 51.9 Å². The van der Waals surface area contributed by atoms with Crippen molar-refractivity contribution in [2.24, 2.45) is 23.2 Å². The number of carbonyl (C=O) groups is 3. The lowest BCUT2D eigenvalue weighted by Crippen LogP contribution is -2.57. The van der Waals surface area contributed by atoms with Gasteiger partial charge < -0.3 is 9.47 Å². The zero-order valence-electron chi connectivity index (χ0n) is 13.8. The summed E-state index contributed by atoms with van der Waals surface area (Å²) >= 11 is 0. The standard InChI is InChI=1S/C17H22F2O5/c1-16(2,8-23-14(21)13(18)19)15(22)24-17-5-9-3-10(6-17)12(20)11(4-9)7-17/h9-11,13H,3-8H2,1-2H3. The Morgan fingerprint density at radius 2 is 1.79 bits per heavy atom. The Labute approximate surface area is 139 Å². The first-order valence-electron chi connectivity index (χ1n) is 8.34. The minimum absolute atomic E-state index is 0.0242. The largest absolute Gasteiger partial charge is 0.460 e. The third-order valence-corrected chi connectivity index (χ3v) is 5.55. The predicted molar refractivity (Wildman–Crippen MR) is 78.1 cm³/mol. The molecule has 0 aromatic rings. The van der Waals surface area contributed by atoms with Crippen molar-refractivity contribution in [1.82, 2.24) is 0 Å². The van der Waals surface area contributed by atoms with Crippen molar-refractivity contribution in [3.63, 3.8) is 0 Å². The molecule has 4 fully saturated rings. The summed E-state index contributed by atoms with van der Waals surface area (Å²) in [7, 11) is 0. The number of carbonyl (C=O) groups excluding carboxylic acids is 3. The van der Waals surface area contributed by atoms with Crippen molar-refractivity contribution < 1.29 is 32.6 Å². The first kappa shape index (κ1) is 17.3. The number of hydrogen-bond acceptors (Lipinski definition) is 5. The van der Waals surface area contributed by atoms with Crippen LogP contribution in [0.2, 0.25) is 0 Å². The van der Waals surface area contributed by atoms with E-state index in [0.29, 0.717) is 24.5 Å². The Kier molecular flexibility index (Phi) is 4.16. The van der Waals surface area contributed by atoms with Gasteiger partial charge >= 0.3 is 18.4 Å². The van der Waals surface area contributed by atoms with Crippen LogP contribution in [0.4, 0.5) is 8.78 Å². The van der Waals surface area contributed by atoms with Crippen LogP contribution in [0.3, 0.4) is 0 Å². The summed E-state index contributed by atoms with van der Waals surface area (Å²) in [6, 6.07) is 0. The number of Topliss-reactive ketones (excluding diaryl/α,β-unsaturated/α-hetero) is 1. The van der Waals surface area contributed by atoms with Crippen LogP contribution in [0.5, 0.6) is 0 Å². The molecule has 24 heavy (non-hydrogen) atoms. The van der Waals surface area contributed by atoms with Gasteiger partial charge in [-0.1, -0.05) is 0 Å². The Hall–Kier alpha value is -1.53. The number of ether oxygens (including phenoxy) is 2. The van der Waals surface area contributed by atoms with Crippen molar-refractivity contribution in [2.45, 2.75) is 58.0 Å². The van der Waals surface area contributed by atoms with Gasteiger partial charge in [-0.2, -0.15) is 8.78 Å². The van der Waals surface area contributed by atoms with E-state index in [1.54, 1.807) is 0 Å². The van der Waals surface area contributed by atoms with Gasteiger partial charge in [0.2, 0.25) is 0 Å². The van der Waals surface area contributed by atoms with E-state index < -0.39 is 36.0 Å². The maximum Gasteiger partial charge on any atom is 0.373 e. The second-order valence-corrected chi connectivity index (χ2v) is 8.11. The van der Waals surface area contributed by atoms with Crippen LogP contribution in [-0.4, -0.2) is 36.4 Å². The van der Waals surface area contributed by atoms with E-state index >= 15 is 0 Å². The Bertz CT molecular complexity index is 553. The molecule has 2 atom stereocenters. The van der Waals surface area contributed by atoms with E-state index in [-0.39, 0.29) is 11.8 Å². The smallest absolute Gasteiger partial charge is 0.373 e. The lowest BCUT2D eigenvalue weighted by atomic mass is 9.53. The van der Waals surface area contributed by atoms with E-state index in [0.717, 1.165) is 19.3 Å². The molecule has 2 unspecified atom stereocenters. The van der Waals surface area contributed by atoms with Crippen LogP contribution in [-0.2, 0) is 23.9 Å². The minimum atomic E-state index is -3.22. The number of ketones is 1. The number of halogens is 2. The topological polar surface area (TPSA) is 69.7 Å². The molecule has 7 heteroatoms. The second-order valence-electron chi connectivity index (χ2n) is 8.11. The summed E-state index contributed by atoms with van der Waals surface area (Å²) in [6.07, 6.45) is 0.403. The zero-order valence-corrected chi connectivity index (χ0v) is 13.8. The molecule has 4 rings (SSSR count). The average molecular weight is 344 g/mol. The predicted octanol–water partition coefficient (Wildman–Crippen LogP) is 2.51. The summed E-state index contributed by atoms with van der Waals surface area (Å²) in [6.45, 7) is 2.54.